The average molecular weight is 215 g/mol. The van der Waals surface area contributed by atoms with E-state index in [4.69, 9.17) is 10.5 Å². The van der Waals surface area contributed by atoms with Crippen molar-refractivity contribution in [2.75, 3.05) is 0 Å². The Morgan fingerprint density at radius 2 is 1.75 bits per heavy atom. The lowest BCUT2D eigenvalue weighted by atomic mass is 10.1. The minimum absolute atomic E-state index is 0.0297. The first-order valence-electron chi connectivity index (χ1n) is 5.06. The molecule has 16 heavy (non-hydrogen) atoms. The quantitative estimate of drug-likeness (QED) is 0.853. The Kier molecular flexibility index (Phi) is 3.12. The predicted octanol–water partition coefficient (Wildman–Crippen LogP) is 2.29. The van der Waals surface area contributed by atoms with E-state index in [2.05, 4.69) is 9.97 Å². The van der Waals surface area contributed by atoms with Gasteiger partial charge in [0.25, 0.3) is 0 Å². The van der Waals surface area contributed by atoms with Crippen molar-refractivity contribution >= 4 is 0 Å². The molecule has 2 N–H and O–H groups in total. The molecule has 0 aliphatic heterocycles. The van der Waals surface area contributed by atoms with Crippen LogP contribution in [0.1, 0.15) is 18.5 Å². The Morgan fingerprint density at radius 3 is 2.31 bits per heavy atom. The van der Waals surface area contributed by atoms with Gasteiger partial charge in [-0.05, 0) is 30.7 Å². The number of nitrogens with zero attached hydrogens (tertiary/aromatic N) is 2. The fourth-order valence-electron chi connectivity index (χ4n) is 1.28. The summed E-state index contributed by atoms with van der Waals surface area (Å²) in [5, 5.41) is 0. The van der Waals surface area contributed by atoms with E-state index < -0.39 is 0 Å². The number of benzene rings is 1. The fourth-order valence-corrected chi connectivity index (χ4v) is 1.28. The van der Waals surface area contributed by atoms with Crippen LogP contribution in [0.2, 0.25) is 0 Å². The summed E-state index contributed by atoms with van der Waals surface area (Å²) in [7, 11) is 0. The van der Waals surface area contributed by atoms with Gasteiger partial charge in [-0.2, -0.15) is 0 Å². The van der Waals surface area contributed by atoms with Crippen molar-refractivity contribution in [2.24, 2.45) is 5.73 Å². The highest BCUT2D eigenvalue weighted by molar-refractivity contribution is 5.30. The van der Waals surface area contributed by atoms with Gasteiger partial charge in [-0.3, -0.25) is 0 Å². The molecule has 1 heterocycles. The normalized spacial score (nSPS) is 12.1. The SMILES string of the molecule is CC(N)c1ccc(Oc2ncccn2)cc1. The van der Waals surface area contributed by atoms with Crippen LogP contribution in [0.15, 0.2) is 42.7 Å². The van der Waals surface area contributed by atoms with Crippen LogP contribution in [0, 0.1) is 0 Å². The molecule has 0 spiro atoms. The summed E-state index contributed by atoms with van der Waals surface area (Å²) >= 11 is 0. The Hall–Kier alpha value is -1.94. The lowest BCUT2D eigenvalue weighted by molar-refractivity contribution is 0.441. The van der Waals surface area contributed by atoms with Gasteiger partial charge >= 0.3 is 6.01 Å². The van der Waals surface area contributed by atoms with Crippen molar-refractivity contribution in [2.45, 2.75) is 13.0 Å². The largest absolute Gasteiger partial charge is 0.424 e. The average Bonchev–Trinajstić information content (AvgIpc) is 2.31. The molecule has 82 valence electrons. The van der Waals surface area contributed by atoms with Crippen LogP contribution in [0.4, 0.5) is 0 Å². The van der Waals surface area contributed by atoms with E-state index in [1.54, 1.807) is 18.5 Å². The van der Waals surface area contributed by atoms with Gasteiger partial charge in [0.2, 0.25) is 0 Å². The molecule has 0 saturated heterocycles. The maximum atomic E-state index is 5.75. The summed E-state index contributed by atoms with van der Waals surface area (Å²) in [6.07, 6.45) is 3.28. The minimum Gasteiger partial charge on any atom is -0.424 e. The molecule has 0 amide bonds. The number of ether oxygens (including phenoxy) is 1. The number of nitrogens with two attached hydrogens (primary N) is 1. The van der Waals surface area contributed by atoms with Crippen LogP contribution in [0.5, 0.6) is 11.8 Å². The predicted molar refractivity (Wildman–Crippen MR) is 61.2 cm³/mol. The van der Waals surface area contributed by atoms with Crippen molar-refractivity contribution in [3.05, 3.63) is 48.3 Å². The van der Waals surface area contributed by atoms with E-state index in [-0.39, 0.29) is 6.04 Å². The Labute approximate surface area is 94.1 Å². The molecule has 4 heteroatoms. The third-order valence-corrected chi connectivity index (χ3v) is 2.16. The maximum Gasteiger partial charge on any atom is 0.321 e. The second-order valence-corrected chi connectivity index (χ2v) is 3.49. The van der Waals surface area contributed by atoms with Crippen molar-refractivity contribution in [3.8, 4) is 11.8 Å². The molecule has 4 nitrogen and oxygen atoms in total. The molecule has 0 radical (unpaired) electrons. The topological polar surface area (TPSA) is 61.0 Å². The molecular formula is C12H13N3O. The zero-order valence-electron chi connectivity index (χ0n) is 9.00. The van der Waals surface area contributed by atoms with Crippen LogP contribution in [0.3, 0.4) is 0 Å². The van der Waals surface area contributed by atoms with Crippen molar-refractivity contribution in [3.63, 3.8) is 0 Å². The molecule has 1 aromatic heterocycles. The summed E-state index contributed by atoms with van der Waals surface area (Å²) in [5.74, 6) is 0.704. The second-order valence-electron chi connectivity index (χ2n) is 3.49. The van der Waals surface area contributed by atoms with E-state index in [1.165, 1.54) is 0 Å². The number of hydrogen-bond donors (Lipinski definition) is 1. The van der Waals surface area contributed by atoms with Crippen LogP contribution >= 0.6 is 0 Å². The molecule has 0 bridgehead atoms. The van der Waals surface area contributed by atoms with E-state index >= 15 is 0 Å². The summed E-state index contributed by atoms with van der Waals surface area (Å²) in [6, 6.07) is 9.69. The monoisotopic (exact) mass is 215 g/mol. The van der Waals surface area contributed by atoms with E-state index in [9.17, 15) is 0 Å². The third kappa shape index (κ3) is 2.55. The molecule has 0 fully saturated rings. The van der Waals surface area contributed by atoms with Crippen LogP contribution in [-0.2, 0) is 0 Å². The molecule has 1 unspecified atom stereocenters. The van der Waals surface area contributed by atoms with Crippen molar-refractivity contribution < 1.29 is 4.74 Å². The molecular weight excluding hydrogens is 202 g/mol. The summed E-state index contributed by atoms with van der Waals surface area (Å²) in [4.78, 5) is 7.95. The lowest BCUT2D eigenvalue weighted by Crippen LogP contribution is -2.04. The number of aromatic nitrogens is 2. The van der Waals surface area contributed by atoms with Gasteiger partial charge in [-0.15, -0.1) is 0 Å². The summed E-state index contributed by atoms with van der Waals surface area (Å²) in [6.45, 7) is 1.94. The van der Waals surface area contributed by atoms with Crippen LogP contribution in [-0.4, -0.2) is 9.97 Å². The van der Waals surface area contributed by atoms with Gasteiger partial charge in [0.15, 0.2) is 0 Å². The van der Waals surface area contributed by atoms with Gasteiger partial charge in [0, 0.05) is 18.4 Å². The van der Waals surface area contributed by atoms with Gasteiger partial charge in [0.1, 0.15) is 5.75 Å². The van der Waals surface area contributed by atoms with Crippen molar-refractivity contribution in [1.82, 2.24) is 9.97 Å². The van der Waals surface area contributed by atoms with Gasteiger partial charge in [-0.25, -0.2) is 9.97 Å². The molecule has 0 saturated carbocycles. The number of rotatable bonds is 3. The first-order valence-corrected chi connectivity index (χ1v) is 5.06. The smallest absolute Gasteiger partial charge is 0.321 e. The summed E-state index contributed by atoms with van der Waals surface area (Å²) in [5.41, 5.74) is 6.82. The van der Waals surface area contributed by atoms with Gasteiger partial charge < -0.3 is 10.5 Å². The van der Waals surface area contributed by atoms with Gasteiger partial charge in [0.05, 0.1) is 0 Å². The molecule has 2 aromatic rings. The highest BCUT2D eigenvalue weighted by atomic mass is 16.5. The van der Waals surface area contributed by atoms with Crippen LogP contribution in [0.25, 0.3) is 0 Å². The first kappa shape index (κ1) is 10.6. The summed E-state index contributed by atoms with van der Waals surface area (Å²) < 4.78 is 5.45. The first-order chi connectivity index (χ1) is 7.75. The molecule has 1 aromatic carbocycles. The minimum atomic E-state index is 0.0297. The highest BCUT2D eigenvalue weighted by Gasteiger charge is 2.01. The van der Waals surface area contributed by atoms with Crippen LogP contribution < -0.4 is 10.5 Å². The Bertz CT molecular complexity index is 440. The molecule has 2 rings (SSSR count). The zero-order valence-corrected chi connectivity index (χ0v) is 9.00. The third-order valence-electron chi connectivity index (χ3n) is 2.16. The standard InChI is InChI=1S/C12H13N3O/c1-9(13)10-3-5-11(6-4-10)16-12-14-7-2-8-15-12/h2-9H,13H2,1H3. The Balaban J connectivity index is 2.11. The van der Waals surface area contributed by atoms with E-state index in [0.29, 0.717) is 11.8 Å². The van der Waals surface area contributed by atoms with E-state index in [0.717, 1.165) is 5.56 Å². The number of hydrogen-bond acceptors (Lipinski definition) is 4. The van der Waals surface area contributed by atoms with Crippen molar-refractivity contribution in [1.29, 1.82) is 0 Å². The van der Waals surface area contributed by atoms with Gasteiger partial charge in [-0.1, -0.05) is 12.1 Å². The molecule has 0 aliphatic rings. The second kappa shape index (κ2) is 4.72. The lowest BCUT2D eigenvalue weighted by Gasteiger charge is -2.07. The molecule has 0 aliphatic carbocycles. The zero-order chi connectivity index (χ0) is 11.4. The highest BCUT2D eigenvalue weighted by Crippen LogP contribution is 2.19. The molecule has 1 atom stereocenters. The fraction of sp³-hybridized carbons (Fsp3) is 0.167. The maximum absolute atomic E-state index is 5.75. The van der Waals surface area contributed by atoms with E-state index in [1.807, 2.05) is 31.2 Å². The Morgan fingerprint density at radius 1 is 1.12 bits per heavy atom.